The summed E-state index contributed by atoms with van der Waals surface area (Å²) in [6.45, 7) is 4.88. The van der Waals surface area contributed by atoms with Crippen LogP contribution in [-0.4, -0.2) is 45.9 Å². The summed E-state index contributed by atoms with van der Waals surface area (Å²) in [7, 11) is -3.51. The van der Waals surface area contributed by atoms with Gasteiger partial charge in [-0.15, -0.1) is 23.4 Å². The Labute approximate surface area is 162 Å². The molecule has 3 rings (SSSR count). The van der Waals surface area contributed by atoms with Gasteiger partial charge in [0.05, 0.1) is 27.5 Å². The molecule has 2 aliphatic rings. The van der Waals surface area contributed by atoms with Crippen molar-refractivity contribution in [2.24, 2.45) is 0 Å². The van der Waals surface area contributed by atoms with E-state index in [0.29, 0.717) is 5.56 Å². The van der Waals surface area contributed by atoms with E-state index >= 15 is 0 Å². The summed E-state index contributed by atoms with van der Waals surface area (Å²) in [4.78, 5) is 4.93. The molecule has 0 aliphatic carbocycles. The predicted octanol–water partition coefficient (Wildman–Crippen LogP) is 2.55. The predicted molar refractivity (Wildman–Crippen MR) is 105 cm³/mol. The van der Waals surface area contributed by atoms with Gasteiger partial charge in [0.15, 0.2) is 9.84 Å². The van der Waals surface area contributed by atoms with E-state index in [-0.39, 0.29) is 16.8 Å². The Balaban J connectivity index is 1.90. The van der Waals surface area contributed by atoms with Crippen molar-refractivity contribution in [1.82, 2.24) is 10.3 Å². The Morgan fingerprint density at radius 2 is 2.12 bits per heavy atom. The maximum Gasteiger partial charge on any atom is 0.164 e. The van der Waals surface area contributed by atoms with Crippen LogP contribution in [0, 0.1) is 16.7 Å². The lowest BCUT2D eigenvalue weighted by Crippen LogP contribution is -2.69. The van der Waals surface area contributed by atoms with Crippen molar-refractivity contribution in [2.75, 3.05) is 5.75 Å². The number of sulfone groups is 1. The van der Waals surface area contributed by atoms with Crippen molar-refractivity contribution in [3.05, 3.63) is 35.7 Å². The molecule has 0 radical (unpaired) electrons. The SMILES string of the molecule is CC1(C)C(=N)N[C@](C)(C2SC(c3cncc(C#N)c3)=CC2Cl)CS1(=O)=O. The molecule has 1 aromatic heterocycles. The second-order valence-electron chi connectivity index (χ2n) is 7.27. The molecule has 3 atom stereocenters. The summed E-state index contributed by atoms with van der Waals surface area (Å²) in [5.41, 5.74) is 0.354. The van der Waals surface area contributed by atoms with Crippen molar-refractivity contribution < 1.29 is 8.42 Å². The lowest BCUT2D eigenvalue weighted by Gasteiger charge is -2.46. The molecule has 0 saturated carbocycles. The van der Waals surface area contributed by atoms with E-state index in [1.165, 1.54) is 18.0 Å². The largest absolute Gasteiger partial charge is 0.365 e. The van der Waals surface area contributed by atoms with Crippen LogP contribution in [0.25, 0.3) is 4.91 Å². The van der Waals surface area contributed by atoms with Crippen LogP contribution in [0.15, 0.2) is 24.5 Å². The van der Waals surface area contributed by atoms with Crippen molar-refractivity contribution in [2.45, 2.75) is 41.7 Å². The van der Waals surface area contributed by atoms with Gasteiger partial charge in [0.25, 0.3) is 0 Å². The molecule has 1 saturated heterocycles. The van der Waals surface area contributed by atoms with E-state index < -0.39 is 25.5 Å². The first kappa shape index (κ1) is 19.2. The monoisotopic (exact) mass is 410 g/mol. The van der Waals surface area contributed by atoms with Crippen molar-refractivity contribution in [1.29, 1.82) is 10.7 Å². The standard InChI is InChI=1S/C17H19ClN4O2S2/c1-16(2)15(20)22-17(3,9-26(16,23)24)14-12(18)5-13(25-14)11-4-10(6-19)7-21-8-11/h4-5,7-8,12,14H,9H2,1-3H3,(H2,20,22)/t12?,14?,17-/m0/s1. The van der Waals surface area contributed by atoms with Gasteiger partial charge in [-0.2, -0.15) is 5.26 Å². The first-order valence-electron chi connectivity index (χ1n) is 7.98. The van der Waals surface area contributed by atoms with Crippen LogP contribution in [0.3, 0.4) is 0 Å². The average Bonchev–Trinajstić information content (AvgIpc) is 2.95. The molecule has 2 aliphatic heterocycles. The van der Waals surface area contributed by atoms with E-state index in [1.807, 2.05) is 6.08 Å². The van der Waals surface area contributed by atoms with Crippen molar-refractivity contribution >= 4 is 43.9 Å². The summed E-state index contributed by atoms with van der Waals surface area (Å²) >= 11 is 8.00. The number of hydrogen-bond acceptors (Lipinski definition) is 6. The van der Waals surface area contributed by atoms with Crippen molar-refractivity contribution in [3.63, 3.8) is 0 Å². The highest BCUT2D eigenvalue weighted by Gasteiger charge is 2.54. The number of nitriles is 1. The Hall–Kier alpha value is -1.56. The van der Waals surface area contributed by atoms with Crippen LogP contribution in [0.1, 0.15) is 31.9 Å². The Morgan fingerprint density at radius 1 is 1.42 bits per heavy atom. The average molecular weight is 411 g/mol. The number of nitrogens with zero attached hydrogens (tertiary/aromatic N) is 2. The smallest absolute Gasteiger partial charge is 0.164 e. The van der Waals surface area contributed by atoms with Gasteiger partial charge in [-0.3, -0.25) is 10.4 Å². The number of halogens is 1. The van der Waals surface area contributed by atoms with Gasteiger partial charge in [0, 0.05) is 22.9 Å². The van der Waals surface area contributed by atoms with Gasteiger partial charge in [-0.1, -0.05) is 6.08 Å². The summed E-state index contributed by atoms with van der Waals surface area (Å²) in [5.74, 6) is -0.120. The first-order chi connectivity index (χ1) is 12.0. The van der Waals surface area contributed by atoms with Gasteiger partial charge in [0.2, 0.25) is 0 Å². The third kappa shape index (κ3) is 3.02. The summed E-state index contributed by atoms with van der Waals surface area (Å²) in [6, 6.07) is 3.79. The maximum atomic E-state index is 12.7. The van der Waals surface area contributed by atoms with Gasteiger partial charge >= 0.3 is 0 Å². The molecule has 6 nitrogen and oxygen atoms in total. The lowest BCUT2D eigenvalue weighted by atomic mass is 9.95. The topological polar surface area (TPSA) is 107 Å². The zero-order valence-electron chi connectivity index (χ0n) is 14.6. The number of allylic oxidation sites excluding steroid dienone is 1. The molecule has 1 fully saturated rings. The zero-order valence-corrected chi connectivity index (χ0v) is 17.0. The number of thioether (sulfide) groups is 1. The fourth-order valence-corrected chi connectivity index (χ4v) is 6.97. The molecule has 138 valence electrons. The highest BCUT2D eigenvalue weighted by Crippen LogP contribution is 2.47. The van der Waals surface area contributed by atoms with E-state index in [4.69, 9.17) is 22.3 Å². The number of pyridine rings is 1. The quantitative estimate of drug-likeness (QED) is 0.725. The molecule has 2 N–H and O–H groups in total. The fraction of sp³-hybridized carbons (Fsp3) is 0.471. The molecule has 1 aromatic rings. The fourth-order valence-electron chi connectivity index (χ4n) is 3.11. The minimum atomic E-state index is -3.51. The van der Waals surface area contributed by atoms with Crippen molar-refractivity contribution in [3.8, 4) is 6.07 Å². The van der Waals surface area contributed by atoms with Gasteiger partial charge in [0.1, 0.15) is 16.7 Å². The number of hydrogen-bond donors (Lipinski definition) is 2. The Bertz CT molecular complexity index is 952. The molecule has 0 aromatic carbocycles. The molecule has 2 unspecified atom stereocenters. The number of rotatable bonds is 2. The molecule has 0 bridgehead atoms. The number of alkyl halides is 1. The maximum absolute atomic E-state index is 12.7. The van der Waals surface area contributed by atoms with Crippen LogP contribution in [-0.2, 0) is 9.84 Å². The van der Waals surface area contributed by atoms with Gasteiger partial charge < -0.3 is 5.32 Å². The van der Waals surface area contributed by atoms with Crippen LogP contribution in [0.4, 0.5) is 0 Å². The summed E-state index contributed by atoms with van der Waals surface area (Å²) in [6.07, 6.45) is 5.00. The third-order valence-electron chi connectivity index (χ3n) is 4.91. The van der Waals surface area contributed by atoms with Crippen LogP contribution < -0.4 is 5.32 Å². The Kier molecular flexibility index (Phi) is 4.62. The molecular formula is C17H19ClN4O2S2. The molecule has 9 heteroatoms. The van der Waals surface area contributed by atoms with E-state index in [0.717, 1.165) is 10.5 Å². The summed E-state index contributed by atoms with van der Waals surface area (Å²) in [5, 5.41) is 19.6. The van der Waals surface area contributed by atoms with Gasteiger partial charge in [-0.05, 0) is 26.8 Å². The molecule has 26 heavy (non-hydrogen) atoms. The number of nitrogens with one attached hydrogen (secondary N) is 2. The molecule has 3 heterocycles. The highest BCUT2D eigenvalue weighted by molar-refractivity contribution is 8.09. The second kappa shape index (κ2) is 6.25. The van der Waals surface area contributed by atoms with Gasteiger partial charge in [-0.25, -0.2) is 8.42 Å². The second-order valence-corrected chi connectivity index (χ2v) is 11.5. The number of aromatic nitrogens is 1. The minimum absolute atomic E-state index is 0.0164. The minimum Gasteiger partial charge on any atom is -0.365 e. The Morgan fingerprint density at radius 3 is 2.73 bits per heavy atom. The van der Waals surface area contributed by atoms with E-state index in [1.54, 1.807) is 33.0 Å². The lowest BCUT2D eigenvalue weighted by molar-refractivity contribution is 0.417. The van der Waals surface area contributed by atoms with E-state index in [2.05, 4.69) is 16.4 Å². The number of amidine groups is 1. The molecular weight excluding hydrogens is 392 g/mol. The zero-order chi connectivity index (χ0) is 19.3. The van der Waals surface area contributed by atoms with Crippen LogP contribution in [0.5, 0.6) is 0 Å². The van der Waals surface area contributed by atoms with E-state index in [9.17, 15) is 8.42 Å². The molecule has 0 amide bonds. The molecule has 0 spiro atoms. The van der Waals surface area contributed by atoms with Crippen LogP contribution >= 0.6 is 23.4 Å². The third-order valence-corrected chi connectivity index (χ3v) is 9.87. The normalized spacial score (nSPS) is 32.4. The first-order valence-corrected chi connectivity index (χ1v) is 10.9. The highest BCUT2D eigenvalue weighted by atomic mass is 35.5. The van der Waals surface area contributed by atoms with Crippen LogP contribution in [0.2, 0.25) is 0 Å². The summed E-state index contributed by atoms with van der Waals surface area (Å²) < 4.78 is 24.2.